The van der Waals surface area contributed by atoms with Crippen molar-refractivity contribution in [2.75, 3.05) is 21.9 Å². The molecule has 30 heavy (non-hydrogen) atoms. The summed E-state index contributed by atoms with van der Waals surface area (Å²) < 4.78 is 41.5. The third kappa shape index (κ3) is 3.73. The van der Waals surface area contributed by atoms with Crippen molar-refractivity contribution in [2.24, 2.45) is 0 Å². The van der Waals surface area contributed by atoms with E-state index in [1.807, 2.05) is 18.2 Å². The summed E-state index contributed by atoms with van der Waals surface area (Å²) in [6, 6.07) is 16.9. The first kappa shape index (κ1) is 19.9. The van der Waals surface area contributed by atoms with E-state index in [9.17, 15) is 17.6 Å². The van der Waals surface area contributed by atoms with E-state index in [4.69, 9.17) is 5.73 Å². The first-order chi connectivity index (χ1) is 14.4. The number of hydrogen-bond donors (Lipinski definition) is 2. The molecule has 3 aromatic carbocycles. The van der Waals surface area contributed by atoms with Gasteiger partial charge >= 0.3 is 0 Å². The van der Waals surface area contributed by atoms with E-state index < -0.39 is 21.7 Å². The van der Waals surface area contributed by atoms with Crippen LogP contribution in [-0.4, -0.2) is 20.9 Å². The molecule has 1 amide bonds. The highest BCUT2D eigenvalue weighted by Gasteiger charge is 2.29. The summed E-state index contributed by atoms with van der Waals surface area (Å²) in [7, 11) is -3.82. The Bertz CT molecular complexity index is 1230. The quantitative estimate of drug-likeness (QED) is 0.622. The van der Waals surface area contributed by atoms with Crippen molar-refractivity contribution < 1.29 is 17.6 Å². The minimum atomic E-state index is -3.82. The largest absolute Gasteiger partial charge is 0.398 e. The Balaban J connectivity index is 1.64. The lowest BCUT2D eigenvalue weighted by molar-refractivity contribution is 0.102. The molecule has 0 bridgehead atoms. The van der Waals surface area contributed by atoms with Crippen molar-refractivity contribution in [1.82, 2.24) is 0 Å². The number of nitrogens with zero attached hydrogens (tertiary/aromatic N) is 1. The summed E-state index contributed by atoms with van der Waals surface area (Å²) in [5.41, 5.74) is 7.79. The Morgan fingerprint density at radius 1 is 1.03 bits per heavy atom. The number of carbonyl (C=O) groups is 1. The van der Waals surface area contributed by atoms with Crippen LogP contribution in [0.4, 0.5) is 21.5 Å². The molecule has 0 aromatic heterocycles. The normalized spacial score (nSPS) is 13.6. The highest BCUT2D eigenvalue weighted by Crippen LogP contribution is 2.32. The molecular formula is C22H20FN3O3S. The smallest absolute Gasteiger partial charge is 0.264 e. The van der Waals surface area contributed by atoms with Crippen molar-refractivity contribution in [3.05, 3.63) is 83.7 Å². The maximum atomic E-state index is 13.5. The molecule has 3 aromatic rings. The van der Waals surface area contributed by atoms with Gasteiger partial charge in [-0.05, 0) is 60.9 Å². The topological polar surface area (TPSA) is 92.5 Å². The molecule has 1 aliphatic rings. The zero-order valence-corrected chi connectivity index (χ0v) is 16.8. The van der Waals surface area contributed by atoms with Gasteiger partial charge in [0.15, 0.2) is 0 Å². The van der Waals surface area contributed by atoms with Crippen LogP contribution in [0.3, 0.4) is 0 Å². The van der Waals surface area contributed by atoms with Gasteiger partial charge in [0.2, 0.25) is 0 Å². The Labute approximate surface area is 174 Å². The van der Waals surface area contributed by atoms with Gasteiger partial charge in [0.05, 0.1) is 16.1 Å². The minimum absolute atomic E-state index is 0.0202. The van der Waals surface area contributed by atoms with E-state index in [1.54, 1.807) is 18.2 Å². The molecule has 0 saturated carbocycles. The van der Waals surface area contributed by atoms with E-state index in [0.717, 1.165) is 30.5 Å². The number of nitrogens with two attached hydrogens (primary N) is 1. The third-order valence-corrected chi connectivity index (χ3v) is 6.82. The molecule has 0 atom stereocenters. The zero-order valence-electron chi connectivity index (χ0n) is 16.0. The standard InChI is InChI=1S/C22H20FN3O3S/c23-16-10-11-20(24)19(13-16)22(27)25-17-7-3-8-18(14-17)30(28,29)26-12-4-6-15-5-1-2-9-21(15)26/h1-3,5,7-11,13-14H,4,6,12,24H2,(H,25,27). The van der Waals surface area contributed by atoms with Crippen molar-refractivity contribution in [1.29, 1.82) is 0 Å². The van der Waals surface area contributed by atoms with Crippen LogP contribution in [0.1, 0.15) is 22.3 Å². The van der Waals surface area contributed by atoms with E-state index in [1.165, 1.54) is 22.5 Å². The number of nitrogen functional groups attached to an aromatic ring is 1. The van der Waals surface area contributed by atoms with E-state index in [2.05, 4.69) is 5.32 Å². The summed E-state index contributed by atoms with van der Waals surface area (Å²) >= 11 is 0. The van der Waals surface area contributed by atoms with Crippen molar-refractivity contribution >= 4 is 33.0 Å². The average molecular weight is 425 g/mol. The van der Waals surface area contributed by atoms with Crippen molar-refractivity contribution in [3.8, 4) is 0 Å². The van der Waals surface area contributed by atoms with Gasteiger partial charge in [-0.2, -0.15) is 0 Å². The monoisotopic (exact) mass is 425 g/mol. The fourth-order valence-corrected chi connectivity index (χ4v) is 5.12. The van der Waals surface area contributed by atoms with Gasteiger partial charge in [-0.1, -0.05) is 24.3 Å². The second-order valence-corrected chi connectivity index (χ2v) is 8.89. The molecule has 1 aliphatic heterocycles. The Hall–Kier alpha value is -3.39. The molecule has 8 heteroatoms. The number of halogens is 1. The van der Waals surface area contributed by atoms with Crippen LogP contribution < -0.4 is 15.4 Å². The van der Waals surface area contributed by atoms with Crippen LogP contribution in [0.25, 0.3) is 0 Å². The molecule has 0 fully saturated rings. The summed E-state index contributed by atoms with van der Waals surface area (Å²) in [5, 5.41) is 2.59. The molecule has 154 valence electrons. The number of anilines is 3. The Kier molecular flexibility index (Phi) is 5.17. The first-order valence-corrected chi connectivity index (χ1v) is 10.9. The number of rotatable bonds is 4. The van der Waals surface area contributed by atoms with E-state index in [0.29, 0.717) is 12.2 Å². The Morgan fingerprint density at radius 3 is 2.67 bits per heavy atom. The number of para-hydroxylation sites is 1. The summed E-state index contributed by atoms with van der Waals surface area (Å²) in [6.45, 7) is 0.385. The van der Waals surface area contributed by atoms with Crippen LogP contribution in [0, 0.1) is 5.82 Å². The van der Waals surface area contributed by atoms with Gasteiger partial charge in [0.1, 0.15) is 5.82 Å². The van der Waals surface area contributed by atoms with Gasteiger partial charge in [0, 0.05) is 17.9 Å². The molecule has 6 nitrogen and oxygen atoms in total. The molecule has 0 radical (unpaired) electrons. The van der Waals surface area contributed by atoms with Crippen molar-refractivity contribution in [3.63, 3.8) is 0 Å². The van der Waals surface area contributed by atoms with Crippen LogP contribution in [0.2, 0.25) is 0 Å². The van der Waals surface area contributed by atoms with Gasteiger partial charge in [0.25, 0.3) is 15.9 Å². The highest BCUT2D eigenvalue weighted by atomic mass is 32.2. The number of aryl methyl sites for hydroxylation is 1. The third-order valence-electron chi connectivity index (χ3n) is 5.01. The molecule has 4 rings (SSSR count). The van der Waals surface area contributed by atoms with Gasteiger partial charge in [-0.3, -0.25) is 9.10 Å². The second-order valence-electron chi connectivity index (χ2n) is 7.02. The molecule has 0 unspecified atom stereocenters. The predicted octanol–water partition coefficient (Wildman–Crippen LogP) is 3.80. The van der Waals surface area contributed by atoms with E-state index in [-0.39, 0.29) is 21.8 Å². The number of amides is 1. The van der Waals surface area contributed by atoms with Gasteiger partial charge in [-0.15, -0.1) is 0 Å². The molecular weight excluding hydrogens is 405 g/mol. The number of sulfonamides is 1. The SMILES string of the molecule is Nc1ccc(F)cc1C(=O)Nc1cccc(S(=O)(=O)N2CCCc3ccccc32)c1. The number of carbonyl (C=O) groups excluding carboxylic acids is 1. The number of nitrogens with one attached hydrogen (secondary N) is 1. The summed E-state index contributed by atoms with van der Waals surface area (Å²) in [5.74, 6) is -1.21. The lowest BCUT2D eigenvalue weighted by atomic mass is 10.0. The van der Waals surface area contributed by atoms with Crippen molar-refractivity contribution in [2.45, 2.75) is 17.7 Å². The molecule has 1 heterocycles. The van der Waals surface area contributed by atoms with E-state index >= 15 is 0 Å². The number of benzene rings is 3. The Morgan fingerprint density at radius 2 is 1.83 bits per heavy atom. The minimum Gasteiger partial charge on any atom is -0.398 e. The lowest BCUT2D eigenvalue weighted by Crippen LogP contribution is -2.35. The average Bonchev–Trinajstić information content (AvgIpc) is 2.75. The van der Waals surface area contributed by atoms with Crippen LogP contribution >= 0.6 is 0 Å². The molecule has 3 N–H and O–H groups in total. The number of hydrogen-bond acceptors (Lipinski definition) is 4. The fourth-order valence-electron chi connectivity index (χ4n) is 3.53. The van der Waals surface area contributed by atoms with Crippen LogP contribution in [-0.2, 0) is 16.4 Å². The highest BCUT2D eigenvalue weighted by molar-refractivity contribution is 7.92. The van der Waals surface area contributed by atoms with Gasteiger partial charge in [-0.25, -0.2) is 12.8 Å². The van der Waals surface area contributed by atoms with Crippen LogP contribution in [0.5, 0.6) is 0 Å². The van der Waals surface area contributed by atoms with Gasteiger partial charge < -0.3 is 11.1 Å². The number of fused-ring (bicyclic) bond motifs is 1. The predicted molar refractivity (Wildman–Crippen MR) is 115 cm³/mol. The lowest BCUT2D eigenvalue weighted by Gasteiger charge is -2.30. The zero-order chi connectivity index (χ0) is 21.3. The molecule has 0 spiro atoms. The summed E-state index contributed by atoms with van der Waals surface area (Å²) in [6.07, 6.45) is 1.55. The first-order valence-electron chi connectivity index (χ1n) is 9.43. The summed E-state index contributed by atoms with van der Waals surface area (Å²) in [4.78, 5) is 12.6. The molecule has 0 aliphatic carbocycles. The maximum Gasteiger partial charge on any atom is 0.264 e. The molecule has 0 saturated heterocycles. The maximum absolute atomic E-state index is 13.5. The van der Waals surface area contributed by atoms with Crippen LogP contribution in [0.15, 0.2) is 71.6 Å². The second kappa shape index (κ2) is 7.79. The fraction of sp³-hybridized carbons (Fsp3) is 0.136.